The molecule has 0 saturated heterocycles. The van der Waals surface area contributed by atoms with Gasteiger partial charge in [0.25, 0.3) is 0 Å². The van der Waals surface area contributed by atoms with E-state index in [1.165, 1.54) is 6.42 Å². The predicted octanol–water partition coefficient (Wildman–Crippen LogP) is 5.68. The minimum Gasteiger partial charge on any atom is -0.497 e. The topological polar surface area (TPSA) is 74.4 Å². The fourth-order valence-electron chi connectivity index (χ4n) is 6.02. The molecule has 0 radical (unpaired) electrons. The van der Waals surface area contributed by atoms with Crippen LogP contribution in [0.1, 0.15) is 75.0 Å². The lowest BCUT2D eigenvalue weighted by Crippen LogP contribution is -2.50. The summed E-state index contributed by atoms with van der Waals surface area (Å²) in [6, 6.07) is 15.3. The number of methoxy groups -OCH3 is 1. The van der Waals surface area contributed by atoms with E-state index >= 15 is 0 Å². The van der Waals surface area contributed by atoms with E-state index in [2.05, 4.69) is 10.3 Å². The molecule has 2 N–H and O–H groups in total. The second-order valence-corrected chi connectivity index (χ2v) is 10.3. The maximum absolute atomic E-state index is 14.1. The van der Waals surface area contributed by atoms with Crippen molar-refractivity contribution in [2.24, 2.45) is 0 Å². The number of carbonyl (C=O) groups excluding carboxylic acids is 2. The average Bonchev–Trinajstić information content (AvgIpc) is 3.58. The molecule has 6 nitrogen and oxygen atoms in total. The lowest BCUT2D eigenvalue weighted by molar-refractivity contribution is -0.143. The van der Waals surface area contributed by atoms with Gasteiger partial charge in [-0.1, -0.05) is 62.4 Å². The molecule has 0 spiro atoms. The van der Waals surface area contributed by atoms with Gasteiger partial charge in [0, 0.05) is 29.2 Å². The van der Waals surface area contributed by atoms with Gasteiger partial charge in [-0.15, -0.1) is 0 Å². The number of ether oxygens (including phenoxy) is 1. The standard InChI is InChI=1S/C30H37N3O3/c1-36-25-17-15-21(16-18-25)29(30(35)32-23-9-3-2-4-10-23)33(24-11-5-6-12-24)28(34)19-22-20-31-27-14-8-7-13-26(22)27/h7-8,13-18,20,23-24,29,31H,2-6,9-12,19H2,1H3,(H,32,35)/t29-/m1/s1. The Balaban J connectivity index is 1.48. The van der Waals surface area contributed by atoms with Gasteiger partial charge in [0.05, 0.1) is 13.5 Å². The molecule has 1 aromatic heterocycles. The van der Waals surface area contributed by atoms with Gasteiger partial charge in [0.1, 0.15) is 11.8 Å². The lowest BCUT2D eigenvalue weighted by atomic mass is 9.94. The summed E-state index contributed by atoms with van der Waals surface area (Å²) in [4.78, 5) is 33.2. The number of fused-ring (bicyclic) bond motifs is 1. The Hall–Kier alpha value is -3.28. The summed E-state index contributed by atoms with van der Waals surface area (Å²) >= 11 is 0. The van der Waals surface area contributed by atoms with Gasteiger partial charge in [-0.3, -0.25) is 9.59 Å². The molecule has 190 valence electrons. The van der Waals surface area contributed by atoms with Crippen molar-refractivity contribution in [1.82, 2.24) is 15.2 Å². The van der Waals surface area contributed by atoms with Gasteiger partial charge < -0.3 is 19.9 Å². The van der Waals surface area contributed by atoms with E-state index in [1.807, 2.05) is 59.6 Å². The first-order valence-electron chi connectivity index (χ1n) is 13.4. The maximum atomic E-state index is 14.1. The van der Waals surface area contributed by atoms with E-state index < -0.39 is 6.04 Å². The first-order valence-corrected chi connectivity index (χ1v) is 13.4. The van der Waals surface area contributed by atoms with Crippen LogP contribution in [0.15, 0.2) is 54.7 Å². The molecule has 1 heterocycles. The smallest absolute Gasteiger partial charge is 0.247 e. The fraction of sp³-hybridized carbons (Fsp3) is 0.467. The van der Waals surface area contributed by atoms with Crippen molar-refractivity contribution in [2.45, 2.75) is 82.3 Å². The Labute approximate surface area is 213 Å². The number of hydrogen-bond donors (Lipinski definition) is 2. The third-order valence-electron chi connectivity index (χ3n) is 7.93. The normalized spacial score (nSPS) is 17.7. The highest BCUT2D eigenvalue weighted by atomic mass is 16.5. The Kier molecular flexibility index (Phi) is 7.59. The molecule has 0 aliphatic heterocycles. The molecule has 2 aliphatic carbocycles. The number of hydrogen-bond acceptors (Lipinski definition) is 3. The number of aromatic amines is 1. The van der Waals surface area contributed by atoms with E-state index in [0.29, 0.717) is 0 Å². The molecule has 0 unspecified atom stereocenters. The number of nitrogens with zero attached hydrogens (tertiary/aromatic N) is 1. The van der Waals surface area contributed by atoms with Crippen molar-refractivity contribution in [2.75, 3.05) is 7.11 Å². The summed E-state index contributed by atoms with van der Waals surface area (Å²) in [5.41, 5.74) is 2.83. The quantitative estimate of drug-likeness (QED) is 0.429. The highest BCUT2D eigenvalue weighted by Crippen LogP contribution is 2.34. The molecule has 2 saturated carbocycles. The molecular formula is C30H37N3O3. The second-order valence-electron chi connectivity index (χ2n) is 10.3. The van der Waals surface area contributed by atoms with Crippen molar-refractivity contribution in [3.63, 3.8) is 0 Å². The summed E-state index contributed by atoms with van der Waals surface area (Å²) in [7, 11) is 1.64. The predicted molar refractivity (Wildman–Crippen MR) is 142 cm³/mol. The zero-order valence-electron chi connectivity index (χ0n) is 21.2. The minimum absolute atomic E-state index is 0.00580. The highest BCUT2D eigenvalue weighted by molar-refractivity contribution is 5.92. The third kappa shape index (κ3) is 5.28. The number of amides is 2. The Morgan fingerprint density at radius 3 is 2.39 bits per heavy atom. The molecule has 0 bridgehead atoms. The van der Waals surface area contributed by atoms with E-state index in [-0.39, 0.29) is 30.3 Å². The van der Waals surface area contributed by atoms with Crippen LogP contribution in [0.2, 0.25) is 0 Å². The second kappa shape index (κ2) is 11.2. The van der Waals surface area contributed by atoms with E-state index in [0.717, 1.165) is 79.1 Å². The molecule has 3 aromatic rings. The van der Waals surface area contributed by atoms with Crippen LogP contribution in [0, 0.1) is 0 Å². The number of H-pyrrole nitrogens is 1. The van der Waals surface area contributed by atoms with Crippen molar-refractivity contribution in [1.29, 1.82) is 0 Å². The van der Waals surface area contributed by atoms with Crippen LogP contribution in [0.25, 0.3) is 10.9 Å². The molecule has 1 atom stereocenters. The van der Waals surface area contributed by atoms with Crippen LogP contribution in [0.3, 0.4) is 0 Å². The number of carbonyl (C=O) groups is 2. The summed E-state index contributed by atoms with van der Waals surface area (Å²) in [6.07, 6.45) is 11.8. The Bertz CT molecular complexity index is 1170. The number of benzene rings is 2. The van der Waals surface area contributed by atoms with Crippen LogP contribution < -0.4 is 10.1 Å². The van der Waals surface area contributed by atoms with Crippen molar-refractivity contribution in [3.8, 4) is 5.75 Å². The van der Waals surface area contributed by atoms with E-state index in [4.69, 9.17) is 4.74 Å². The third-order valence-corrected chi connectivity index (χ3v) is 7.93. The largest absolute Gasteiger partial charge is 0.497 e. The first-order chi connectivity index (χ1) is 17.6. The van der Waals surface area contributed by atoms with Gasteiger partial charge in [-0.2, -0.15) is 0 Å². The summed E-state index contributed by atoms with van der Waals surface area (Å²) in [5, 5.41) is 4.38. The van der Waals surface area contributed by atoms with Crippen molar-refractivity contribution < 1.29 is 14.3 Å². The Morgan fingerprint density at radius 2 is 1.67 bits per heavy atom. The van der Waals surface area contributed by atoms with Gasteiger partial charge in [0.2, 0.25) is 11.8 Å². The van der Waals surface area contributed by atoms with Gasteiger partial charge in [0.15, 0.2) is 0 Å². The van der Waals surface area contributed by atoms with Gasteiger partial charge in [-0.05, 0) is 55.0 Å². The van der Waals surface area contributed by atoms with Gasteiger partial charge >= 0.3 is 0 Å². The molecule has 2 aromatic carbocycles. The van der Waals surface area contributed by atoms with Crippen molar-refractivity contribution in [3.05, 3.63) is 65.9 Å². The SMILES string of the molecule is COc1ccc([C@H](C(=O)NC2CCCCC2)N(C(=O)Cc2c[nH]c3ccccc23)C2CCCC2)cc1. The molecule has 2 aliphatic rings. The number of para-hydroxylation sites is 1. The molecule has 36 heavy (non-hydrogen) atoms. The summed E-state index contributed by atoms with van der Waals surface area (Å²) < 4.78 is 5.37. The van der Waals surface area contributed by atoms with Gasteiger partial charge in [-0.25, -0.2) is 0 Å². The number of aromatic nitrogens is 1. The Morgan fingerprint density at radius 1 is 0.972 bits per heavy atom. The van der Waals surface area contributed by atoms with Crippen LogP contribution in [-0.2, 0) is 16.0 Å². The average molecular weight is 488 g/mol. The molecule has 5 rings (SSSR count). The number of rotatable bonds is 8. The first kappa shape index (κ1) is 24.4. The van der Waals surface area contributed by atoms with Crippen LogP contribution in [-0.4, -0.2) is 40.9 Å². The zero-order valence-corrected chi connectivity index (χ0v) is 21.2. The highest BCUT2D eigenvalue weighted by Gasteiger charge is 2.38. The molecular weight excluding hydrogens is 450 g/mol. The lowest BCUT2D eigenvalue weighted by Gasteiger charge is -2.37. The van der Waals surface area contributed by atoms with Crippen LogP contribution in [0.5, 0.6) is 5.75 Å². The van der Waals surface area contributed by atoms with E-state index in [9.17, 15) is 9.59 Å². The molecule has 6 heteroatoms. The number of nitrogens with one attached hydrogen (secondary N) is 2. The summed E-state index contributed by atoms with van der Waals surface area (Å²) in [5.74, 6) is 0.681. The monoisotopic (exact) mass is 487 g/mol. The maximum Gasteiger partial charge on any atom is 0.247 e. The van der Waals surface area contributed by atoms with Crippen LogP contribution in [0.4, 0.5) is 0 Å². The minimum atomic E-state index is -0.654. The van der Waals surface area contributed by atoms with Crippen LogP contribution >= 0.6 is 0 Å². The van der Waals surface area contributed by atoms with E-state index in [1.54, 1.807) is 7.11 Å². The van der Waals surface area contributed by atoms with Crippen molar-refractivity contribution >= 4 is 22.7 Å². The summed E-state index contributed by atoms with van der Waals surface area (Å²) in [6.45, 7) is 0. The zero-order chi connectivity index (χ0) is 24.9. The fourth-order valence-corrected chi connectivity index (χ4v) is 6.02. The molecule has 2 amide bonds. The molecule has 2 fully saturated rings.